The van der Waals surface area contributed by atoms with Crippen molar-refractivity contribution in [3.8, 4) is 5.75 Å². The van der Waals surface area contributed by atoms with Crippen LogP contribution >= 0.6 is 11.8 Å². The second-order valence-corrected chi connectivity index (χ2v) is 7.73. The van der Waals surface area contributed by atoms with Crippen molar-refractivity contribution in [2.45, 2.75) is 37.8 Å². The van der Waals surface area contributed by atoms with Gasteiger partial charge in [-0.1, -0.05) is 74.1 Å². The van der Waals surface area contributed by atoms with E-state index in [0.29, 0.717) is 0 Å². The van der Waals surface area contributed by atoms with Gasteiger partial charge in [-0.05, 0) is 23.8 Å². The van der Waals surface area contributed by atoms with Crippen LogP contribution in [0.1, 0.15) is 37.8 Å². The summed E-state index contributed by atoms with van der Waals surface area (Å²) in [5, 5.41) is 0.872. The monoisotopic (exact) mass is 350 g/mol. The third kappa shape index (κ3) is 2.69. The molecule has 0 radical (unpaired) electrons. The molecule has 0 bridgehead atoms. The third-order valence-corrected chi connectivity index (χ3v) is 5.79. The van der Waals surface area contributed by atoms with Gasteiger partial charge in [0.15, 0.2) is 5.17 Å². The molecular formula is C21H22N2OS. The van der Waals surface area contributed by atoms with Crippen molar-refractivity contribution in [2.75, 3.05) is 5.75 Å². The van der Waals surface area contributed by atoms with E-state index in [1.165, 1.54) is 5.56 Å². The van der Waals surface area contributed by atoms with Crippen molar-refractivity contribution in [3.63, 3.8) is 0 Å². The summed E-state index contributed by atoms with van der Waals surface area (Å²) in [5.41, 5.74) is 1.49. The van der Waals surface area contributed by atoms with Gasteiger partial charge in [-0.2, -0.15) is 0 Å². The van der Waals surface area contributed by atoms with Gasteiger partial charge in [-0.15, -0.1) is 0 Å². The maximum atomic E-state index is 6.60. The molecule has 2 atom stereocenters. The molecular weight excluding hydrogens is 328 g/mol. The molecule has 0 fully saturated rings. The summed E-state index contributed by atoms with van der Waals surface area (Å²) in [6.07, 6.45) is 3.68. The van der Waals surface area contributed by atoms with Crippen molar-refractivity contribution in [1.29, 1.82) is 0 Å². The quantitative estimate of drug-likeness (QED) is 0.766. The van der Waals surface area contributed by atoms with E-state index >= 15 is 0 Å². The molecule has 2 unspecified atom stereocenters. The third-order valence-electron chi connectivity index (χ3n) is 5.04. The topological polar surface area (TPSA) is 34.0 Å². The zero-order valence-electron chi connectivity index (χ0n) is 14.6. The molecule has 1 spiro atoms. The van der Waals surface area contributed by atoms with Crippen LogP contribution in [-0.2, 0) is 11.1 Å². The van der Waals surface area contributed by atoms with Crippen LogP contribution in [0.3, 0.4) is 0 Å². The van der Waals surface area contributed by atoms with E-state index in [4.69, 9.17) is 9.73 Å². The Morgan fingerprint density at radius 3 is 2.56 bits per heavy atom. The van der Waals surface area contributed by atoms with E-state index in [-0.39, 0.29) is 0 Å². The maximum Gasteiger partial charge on any atom is 0.183 e. The largest absolute Gasteiger partial charge is 0.482 e. The van der Waals surface area contributed by atoms with Gasteiger partial charge in [0.2, 0.25) is 0 Å². The molecule has 2 aromatic carbocycles. The molecule has 2 aliphatic rings. The predicted molar refractivity (Wildman–Crippen MR) is 106 cm³/mol. The first kappa shape index (κ1) is 16.4. The van der Waals surface area contributed by atoms with Crippen molar-refractivity contribution in [1.82, 2.24) is 0 Å². The predicted octanol–water partition coefficient (Wildman–Crippen LogP) is 5.16. The molecule has 4 heteroatoms. The molecule has 0 amide bonds. The number of fused-ring (bicyclic) bond motifs is 2. The van der Waals surface area contributed by atoms with Crippen molar-refractivity contribution in [2.24, 2.45) is 9.98 Å². The van der Waals surface area contributed by atoms with E-state index in [1.54, 1.807) is 11.8 Å². The normalized spacial score (nSPS) is 27.0. The molecule has 0 saturated heterocycles. The molecule has 2 heterocycles. The lowest BCUT2D eigenvalue weighted by Crippen LogP contribution is -2.45. The Morgan fingerprint density at radius 2 is 1.80 bits per heavy atom. The Labute approximate surface area is 153 Å². The van der Waals surface area contributed by atoms with Crippen molar-refractivity contribution in [3.05, 3.63) is 65.7 Å². The van der Waals surface area contributed by atoms with E-state index in [1.807, 2.05) is 18.3 Å². The number of hydrogen-bond donors (Lipinski definition) is 0. The van der Waals surface area contributed by atoms with Gasteiger partial charge < -0.3 is 4.74 Å². The summed E-state index contributed by atoms with van der Waals surface area (Å²) in [5.74, 6) is 1.89. The average molecular weight is 350 g/mol. The Bertz CT molecular complexity index is 833. The summed E-state index contributed by atoms with van der Waals surface area (Å²) in [4.78, 5) is 9.68. The minimum absolute atomic E-state index is 0.391. The number of benzene rings is 2. The number of thioether (sulfide) groups is 1. The highest BCUT2D eigenvalue weighted by molar-refractivity contribution is 8.13. The van der Waals surface area contributed by atoms with Crippen LogP contribution in [0.4, 0.5) is 0 Å². The number of amidine groups is 1. The second-order valence-electron chi connectivity index (χ2n) is 6.50. The first-order chi connectivity index (χ1) is 12.2. The number of para-hydroxylation sites is 1. The van der Waals surface area contributed by atoms with Crippen LogP contribution < -0.4 is 4.74 Å². The molecule has 128 valence electrons. The first-order valence-corrected chi connectivity index (χ1v) is 9.82. The van der Waals surface area contributed by atoms with Gasteiger partial charge in [0.05, 0.1) is 0 Å². The standard InChI is InChI=1S/C21H22N2OS/c1-3-21(16-10-6-5-7-11-16)14-20(15-22-19(23-20)25-4-2)17-12-8-9-13-18(17)24-21/h5-13,15H,3-4,14H2,1-2H3. The van der Waals surface area contributed by atoms with Crippen LogP contribution in [0.5, 0.6) is 5.75 Å². The van der Waals surface area contributed by atoms with Crippen molar-refractivity contribution < 1.29 is 4.74 Å². The number of aliphatic imine (C=N–C) groups is 2. The van der Waals surface area contributed by atoms with Crippen LogP contribution in [0.15, 0.2) is 64.6 Å². The Kier molecular flexibility index (Phi) is 4.16. The minimum atomic E-state index is -0.432. The summed E-state index contributed by atoms with van der Waals surface area (Å²) < 4.78 is 6.60. The molecule has 2 aromatic rings. The van der Waals surface area contributed by atoms with Crippen LogP contribution in [0.25, 0.3) is 0 Å². The van der Waals surface area contributed by atoms with Gasteiger partial charge in [0.25, 0.3) is 0 Å². The van der Waals surface area contributed by atoms with Gasteiger partial charge in [0, 0.05) is 18.2 Å². The van der Waals surface area contributed by atoms with Gasteiger partial charge in [0.1, 0.15) is 16.9 Å². The Morgan fingerprint density at radius 1 is 1.04 bits per heavy atom. The Hall–Kier alpha value is -2.07. The number of nitrogens with zero attached hydrogens (tertiary/aromatic N) is 2. The first-order valence-electron chi connectivity index (χ1n) is 8.83. The summed E-state index contributed by atoms with van der Waals surface area (Å²) in [6, 6.07) is 18.8. The van der Waals surface area contributed by atoms with Crippen LogP contribution in [-0.4, -0.2) is 17.1 Å². The zero-order valence-corrected chi connectivity index (χ0v) is 15.4. The van der Waals surface area contributed by atoms with Crippen LogP contribution in [0.2, 0.25) is 0 Å². The molecule has 2 aliphatic heterocycles. The zero-order chi connectivity index (χ0) is 17.3. The Balaban J connectivity index is 1.87. The second kappa shape index (κ2) is 6.34. The van der Waals surface area contributed by atoms with E-state index in [9.17, 15) is 0 Å². The lowest BCUT2D eigenvalue weighted by atomic mass is 9.73. The van der Waals surface area contributed by atoms with Crippen LogP contribution in [0, 0.1) is 0 Å². The number of ether oxygens (including phenoxy) is 1. The average Bonchev–Trinajstić information content (AvgIpc) is 3.05. The fourth-order valence-corrected chi connectivity index (χ4v) is 4.41. The maximum absolute atomic E-state index is 6.60. The lowest BCUT2D eigenvalue weighted by molar-refractivity contribution is 0.0199. The molecule has 0 aliphatic carbocycles. The lowest BCUT2D eigenvalue weighted by Gasteiger charge is -2.44. The summed E-state index contributed by atoms with van der Waals surface area (Å²) >= 11 is 1.70. The smallest absolute Gasteiger partial charge is 0.183 e. The van der Waals surface area contributed by atoms with Gasteiger partial charge >= 0.3 is 0 Å². The van der Waals surface area contributed by atoms with Crippen molar-refractivity contribution >= 4 is 23.1 Å². The fourth-order valence-electron chi connectivity index (χ4n) is 3.80. The number of hydrogen-bond acceptors (Lipinski definition) is 4. The molecule has 0 N–H and O–H groups in total. The van der Waals surface area contributed by atoms with Gasteiger partial charge in [-0.25, -0.2) is 9.98 Å². The van der Waals surface area contributed by atoms with E-state index in [0.717, 1.165) is 35.1 Å². The molecule has 0 saturated carbocycles. The fraction of sp³-hybridized carbons (Fsp3) is 0.333. The van der Waals surface area contributed by atoms with E-state index < -0.39 is 11.1 Å². The SMILES string of the molecule is CCSC1=NC2(C=N1)CC(CC)(c1ccccc1)Oc1ccccc12. The molecule has 3 nitrogen and oxygen atoms in total. The number of rotatable bonds is 3. The highest BCUT2D eigenvalue weighted by atomic mass is 32.2. The molecule has 25 heavy (non-hydrogen) atoms. The highest BCUT2D eigenvalue weighted by Crippen LogP contribution is 2.51. The highest BCUT2D eigenvalue weighted by Gasteiger charge is 2.50. The minimum Gasteiger partial charge on any atom is -0.482 e. The summed E-state index contributed by atoms with van der Waals surface area (Å²) in [6.45, 7) is 4.32. The summed E-state index contributed by atoms with van der Waals surface area (Å²) in [7, 11) is 0. The van der Waals surface area contributed by atoms with E-state index in [2.05, 4.69) is 61.3 Å². The molecule has 0 aromatic heterocycles. The molecule has 4 rings (SSSR count). The van der Waals surface area contributed by atoms with Gasteiger partial charge in [-0.3, -0.25) is 0 Å².